The van der Waals surface area contributed by atoms with Gasteiger partial charge in [0.05, 0.1) is 18.8 Å². The molecule has 19 heavy (non-hydrogen) atoms. The average Bonchev–Trinajstić information content (AvgIpc) is 2.30. The first-order valence-corrected chi connectivity index (χ1v) is 7.68. The van der Waals surface area contributed by atoms with E-state index in [1.807, 2.05) is 6.92 Å². The normalized spacial score (nSPS) is 20.4. The average molecular weight is 272 g/mol. The lowest BCUT2D eigenvalue weighted by Gasteiger charge is -2.34. The molecule has 1 aliphatic rings. The number of β-amino-alcohol motifs (C(OH)–C–C–N with tert-alkyl or cyclic N) is 1. The number of ether oxygens (including phenoxy) is 1. The fraction of sp³-hybridized carbons (Fsp3) is 1.00. The van der Waals surface area contributed by atoms with Crippen LogP contribution in [0.2, 0.25) is 0 Å². The zero-order valence-corrected chi connectivity index (χ0v) is 13.1. The van der Waals surface area contributed by atoms with Gasteiger partial charge in [-0.15, -0.1) is 0 Å². The molecular weight excluding hydrogens is 240 g/mol. The maximum Gasteiger partial charge on any atom is 0.0639 e. The van der Waals surface area contributed by atoms with E-state index in [1.165, 1.54) is 19.4 Å². The van der Waals surface area contributed by atoms with Gasteiger partial charge in [-0.2, -0.15) is 0 Å². The van der Waals surface area contributed by atoms with Crippen LogP contribution >= 0.6 is 0 Å². The molecule has 0 aromatic rings. The Morgan fingerprint density at radius 1 is 1.26 bits per heavy atom. The van der Waals surface area contributed by atoms with E-state index >= 15 is 0 Å². The summed E-state index contributed by atoms with van der Waals surface area (Å²) >= 11 is 0. The molecule has 1 fully saturated rings. The summed E-state index contributed by atoms with van der Waals surface area (Å²) in [6, 6.07) is 0. The van der Waals surface area contributed by atoms with E-state index in [2.05, 4.69) is 30.7 Å². The van der Waals surface area contributed by atoms with E-state index in [4.69, 9.17) is 4.74 Å². The van der Waals surface area contributed by atoms with Crippen molar-refractivity contribution in [2.45, 2.75) is 45.8 Å². The second-order valence-corrected chi connectivity index (χ2v) is 6.27. The first-order valence-electron chi connectivity index (χ1n) is 7.68. The predicted molar refractivity (Wildman–Crippen MR) is 79.4 cm³/mol. The van der Waals surface area contributed by atoms with Gasteiger partial charge in [-0.05, 0) is 59.7 Å². The summed E-state index contributed by atoms with van der Waals surface area (Å²) in [4.78, 5) is 4.76. The Balaban J connectivity index is 2.11. The molecular formula is C15H32N2O2. The maximum absolute atomic E-state index is 9.39. The molecule has 0 spiro atoms. The first-order chi connectivity index (χ1) is 8.97. The Labute approximate surface area is 118 Å². The molecule has 1 N–H and O–H groups in total. The highest BCUT2D eigenvalue weighted by molar-refractivity contribution is 4.75. The van der Waals surface area contributed by atoms with Crippen LogP contribution in [0.4, 0.5) is 0 Å². The van der Waals surface area contributed by atoms with Crippen LogP contribution in [0.3, 0.4) is 0 Å². The summed E-state index contributed by atoms with van der Waals surface area (Å²) in [5, 5.41) is 9.39. The molecule has 0 amide bonds. The standard InChI is InChI=1S/C15H32N2O2/c1-13(2)19-10-9-16(4)12-15-5-7-17(8-6-15)11-14(3)18/h13-15,18H,5-12H2,1-4H3. The van der Waals surface area contributed by atoms with E-state index in [0.717, 1.165) is 38.7 Å². The lowest BCUT2D eigenvalue weighted by molar-refractivity contribution is 0.0552. The maximum atomic E-state index is 9.39. The van der Waals surface area contributed by atoms with Gasteiger partial charge in [-0.1, -0.05) is 0 Å². The second-order valence-electron chi connectivity index (χ2n) is 6.27. The Hall–Kier alpha value is -0.160. The van der Waals surface area contributed by atoms with Crippen LogP contribution in [0.15, 0.2) is 0 Å². The number of nitrogens with zero attached hydrogens (tertiary/aromatic N) is 2. The Bertz CT molecular complexity index is 226. The van der Waals surface area contributed by atoms with Gasteiger partial charge in [0.15, 0.2) is 0 Å². The van der Waals surface area contributed by atoms with Gasteiger partial charge in [0, 0.05) is 19.6 Å². The molecule has 0 aromatic carbocycles. The molecule has 1 atom stereocenters. The van der Waals surface area contributed by atoms with Crippen molar-refractivity contribution < 1.29 is 9.84 Å². The summed E-state index contributed by atoms with van der Waals surface area (Å²) in [5.41, 5.74) is 0. The topological polar surface area (TPSA) is 35.9 Å². The predicted octanol–water partition coefficient (Wildman–Crippen LogP) is 1.44. The van der Waals surface area contributed by atoms with E-state index in [0.29, 0.717) is 6.10 Å². The van der Waals surface area contributed by atoms with Gasteiger partial charge in [0.1, 0.15) is 0 Å². The molecule has 0 saturated carbocycles. The number of likely N-dealkylation sites (tertiary alicyclic amines) is 1. The zero-order valence-electron chi connectivity index (χ0n) is 13.1. The van der Waals surface area contributed by atoms with Crippen molar-refractivity contribution in [3.63, 3.8) is 0 Å². The number of aliphatic hydroxyl groups excluding tert-OH is 1. The monoisotopic (exact) mass is 272 g/mol. The minimum atomic E-state index is -0.201. The van der Waals surface area contributed by atoms with Crippen molar-refractivity contribution in [3.8, 4) is 0 Å². The number of rotatable bonds is 8. The lowest BCUT2D eigenvalue weighted by Crippen LogP contribution is -2.41. The van der Waals surface area contributed by atoms with Crippen LogP contribution in [-0.2, 0) is 4.74 Å². The van der Waals surface area contributed by atoms with Crippen LogP contribution in [0, 0.1) is 5.92 Å². The van der Waals surface area contributed by atoms with Crippen LogP contribution in [0.25, 0.3) is 0 Å². The molecule has 0 bridgehead atoms. The molecule has 0 aliphatic carbocycles. The van der Waals surface area contributed by atoms with Gasteiger partial charge in [0.2, 0.25) is 0 Å². The summed E-state index contributed by atoms with van der Waals surface area (Å²) < 4.78 is 5.58. The number of piperidine rings is 1. The quantitative estimate of drug-likeness (QED) is 0.725. The summed E-state index contributed by atoms with van der Waals surface area (Å²) in [7, 11) is 2.19. The molecule has 114 valence electrons. The van der Waals surface area contributed by atoms with Gasteiger partial charge in [0.25, 0.3) is 0 Å². The smallest absolute Gasteiger partial charge is 0.0639 e. The van der Waals surface area contributed by atoms with Gasteiger partial charge in [-0.25, -0.2) is 0 Å². The highest BCUT2D eigenvalue weighted by Crippen LogP contribution is 2.18. The first kappa shape index (κ1) is 16.9. The molecule has 0 aromatic heterocycles. The molecule has 4 nitrogen and oxygen atoms in total. The SMILES string of the molecule is CC(O)CN1CCC(CN(C)CCOC(C)C)CC1. The Kier molecular flexibility index (Phi) is 7.91. The third kappa shape index (κ3) is 7.88. The van der Waals surface area contributed by atoms with Crippen LogP contribution in [-0.4, -0.2) is 73.5 Å². The van der Waals surface area contributed by atoms with Crippen molar-refractivity contribution in [2.75, 3.05) is 46.4 Å². The van der Waals surface area contributed by atoms with E-state index in [-0.39, 0.29) is 6.10 Å². The molecule has 1 saturated heterocycles. The molecule has 4 heteroatoms. The largest absolute Gasteiger partial charge is 0.392 e. The van der Waals surface area contributed by atoms with Crippen molar-refractivity contribution in [1.82, 2.24) is 9.80 Å². The third-order valence-electron chi connectivity index (χ3n) is 3.72. The Morgan fingerprint density at radius 3 is 2.42 bits per heavy atom. The van der Waals surface area contributed by atoms with Gasteiger partial charge >= 0.3 is 0 Å². The number of aliphatic hydroxyl groups is 1. The number of likely N-dealkylation sites (N-methyl/N-ethyl adjacent to an activating group) is 1. The minimum absolute atomic E-state index is 0.201. The highest BCUT2D eigenvalue weighted by atomic mass is 16.5. The zero-order chi connectivity index (χ0) is 14.3. The summed E-state index contributed by atoms with van der Waals surface area (Å²) in [5.74, 6) is 0.800. The molecule has 1 aliphatic heterocycles. The van der Waals surface area contributed by atoms with E-state index in [1.54, 1.807) is 0 Å². The van der Waals surface area contributed by atoms with Crippen molar-refractivity contribution in [2.24, 2.45) is 5.92 Å². The minimum Gasteiger partial charge on any atom is -0.392 e. The van der Waals surface area contributed by atoms with E-state index in [9.17, 15) is 5.11 Å². The van der Waals surface area contributed by atoms with Crippen LogP contribution in [0.1, 0.15) is 33.6 Å². The number of hydrogen-bond acceptors (Lipinski definition) is 4. The lowest BCUT2D eigenvalue weighted by atomic mass is 9.96. The third-order valence-corrected chi connectivity index (χ3v) is 3.72. The van der Waals surface area contributed by atoms with Crippen molar-refractivity contribution in [3.05, 3.63) is 0 Å². The molecule has 1 unspecified atom stereocenters. The van der Waals surface area contributed by atoms with Gasteiger partial charge in [-0.3, -0.25) is 0 Å². The van der Waals surface area contributed by atoms with Gasteiger partial charge < -0.3 is 19.6 Å². The van der Waals surface area contributed by atoms with Crippen LogP contribution < -0.4 is 0 Å². The van der Waals surface area contributed by atoms with Crippen molar-refractivity contribution in [1.29, 1.82) is 0 Å². The Morgan fingerprint density at radius 2 is 1.89 bits per heavy atom. The van der Waals surface area contributed by atoms with Crippen molar-refractivity contribution >= 4 is 0 Å². The second kappa shape index (κ2) is 8.90. The summed E-state index contributed by atoms with van der Waals surface area (Å²) in [6.45, 7) is 12.1. The fourth-order valence-electron chi connectivity index (χ4n) is 2.70. The molecule has 0 radical (unpaired) electrons. The molecule has 1 heterocycles. The van der Waals surface area contributed by atoms with Crippen LogP contribution in [0.5, 0.6) is 0 Å². The highest BCUT2D eigenvalue weighted by Gasteiger charge is 2.20. The number of hydrogen-bond donors (Lipinski definition) is 1. The van der Waals surface area contributed by atoms with E-state index < -0.39 is 0 Å². The molecule has 1 rings (SSSR count). The fourth-order valence-corrected chi connectivity index (χ4v) is 2.70. The summed E-state index contributed by atoms with van der Waals surface area (Å²) in [6.07, 6.45) is 2.63.